The van der Waals surface area contributed by atoms with Gasteiger partial charge in [-0.05, 0) is 30.5 Å². The van der Waals surface area contributed by atoms with E-state index in [1.165, 1.54) is 23.1 Å². The summed E-state index contributed by atoms with van der Waals surface area (Å²) < 4.78 is 13.3. The summed E-state index contributed by atoms with van der Waals surface area (Å²) in [5, 5.41) is 2.67. The summed E-state index contributed by atoms with van der Waals surface area (Å²) >= 11 is 5.78. The predicted molar refractivity (Wildman–Crippen MR) is 79.7 cm³/mol. The Hall–Kier alpha value is -1.62. The van der Waals surface area contributed by atoms with Gasteiger partial charge in [0.2, 0.25) is 5.91 Å². The summed E-state index contributed by atoms with van der Waals surface area (Å²) in [6.07, 6.45) is 0. The van der Waals surface area contributed by atoms with E-state index in [4.69, 9.17) is 11.6 Å². The van der Waals surface area contributed by atoms with Gasteiger partial charge in [-0.2, -0.15) is 0 Å². The van der Waals surface area contributed by atoms with E-state index in [1.807, 2.05) is 20.8 Å². The molecule has 1 aromatic rings. The van der Waals surface area contributed by atoms with E-state index in [0.717, 1.165) is 0 Å². The Morgan fingerprint density at radius 3 is 2.43 bits per heavy atom. The fourth-order valence-corrected chi connectivity index (χ4v) is 2.52. The number of piperazine rings is 1. The van der Waals surface area contributed by atoms with Crippen molar-refractivity contribution in [2.45, 2.75) is 39.8 Å². The second-order valence-corrected chi connectivity index (χ2v) is 6.70. The van der Waals surface area contributed by atoms with Crippen molar-refractivity contribution >= 4 is 29.1 Å². The van der Waals surface area contributed by atoms with E-state index in [2.05, 4.69) is 5.32 Å². The zero-order valence-electron chi connectivity index (χ0n) is 12.4. The molecule has 1 aromatic carbocycles. The summed E-state index contributed by atoms with van der Waals surface area (Å²) in [4.78, 5) is 26.2. The van der Waals surface area contributed by atoms with Gasteiger partial charge in [0.05, 0.1) is 5.02 Å². The number of anilines is 1. The molecule has 0 aliphatic carbocycles. The molecule has 2 unspecified atom stereocenters. The Labute approximate surface area is 128 Å². The minimum absolute atomic E-state index is 0.0780. The van der Waals surface area contributed by atoms with E-state index in [-0.39, 0.29) is 16.8 Å². The van der Waals surface area contributed by atoms with Gasteiger partial charge in [0.1, 0.15) is 17.9 Å². The monoisotopic (exact) mass is 312 g/mol. The minimum Gasteiger partial charge on any atom is -0.342 e. The van der Waals surface area contributed by atoms with Crippen molar-refractivity contribution in [3.05, 3.63) is 29.0 Å². The summed E-state index contributed by atoms with van der Waals surface area (Å²) in [6.45, 7) is 7.26. The van der Waals surface area contributed by atoms with Crippen LogP contribution in [0, 0.1) is 11.2 Å². The van der Waals surface area contributed by atoms with E-state index in [0.29, 0.717) is 5.69 Å². The van der Waals surface area contributed by atoms with E-state index < -0.39 is 23.3 Å². The molecular weight excluding hydrogens is 295 g/mol. The molecule has 1 N–H and O–H groups in total. The van der Waals surface area contributed by atoms with Crippen LogP contribution >= 0.6 is 11.6 Å². The van der Waals surface area contributed by atoms with Crippen LogP contribution in [0.5, 0.6) is 0 Å². The van der Waals surface area contributed by atoms with Crippen LogP contribution in [0.15, 0.2) is 18.2 Å². The highest BCUT2D eigenvalue weighted by atomic mass is 35.5. The molecule has 114 valence electrons. The van der Waals surface area contributed by atoms with Gasteiger partial charge >= 0.3 is 0 Å². The molecular formula is C15H18ClFN2O2. The molecule has 2 rings (SSSR count). The third kappa shape index (κ3) is 2.88. The van der Waals surface area contributed by atoms with Crippen molar-refractivity contribution in [1.82, 2.24) is 5.32 Å². The third-order valence-electron chi connectivity index (χ3n) is 3.59. The summed E-state index contributed by atoms with van der Waals surface area (Å²) in [6, 6.07) is 2.70. The molecule has 0 spiro atoms. The zero-order valence-corrected chi connectivity index (χ0v) is 13.2. The normalized spacial score (nSPS) is 23.2. The van der Waals surface area contributed by atoms with Gasteiger partial charge < -0.3 is 5.32 Å². The lowest BCUT2D eigenvalue weighted by molar-refractivity contribution is -0.136. The maximum absolute atomic E-state index is 13.3. The number of carbonyl (C=O) groups is 2. The Kier molecular flexibility index (Phi) is 3.97. The highest BCUT2D eigenvalue weighted by Gasteiger charge is 2.44. The average molecular weight is 313 g/mol. The first-order valence-electron chi connectivity index (χ1n) is 6.71. The summed E-state index contributed by atoms with van der Waals surface area (Å²) in [7, 11) is 0. The molecule has 1 aliphatic heterocycles. The Balaban J connectivity index is 2.46. The molecule has 0 radical (unpaired) electrons. The molecule has 1 heterocycles. The van der Waals surface area contributed by atoms with E-state index in [9.17, 15) is 14.0 Å². The maximum atomic E-state index is 13.3. The fourth-order valence-electron chi connectivity index (χ4n) is 2.34. The minimum atomic E-state index is -0.669. The highest BCUT2D eigenvalue weighted by Crippen LogP contribution is 2.30. The predicted octanol–water partition coefficient (Wildman–Crippen LogP) is 2.75. The van der Waals surface area contributed by atoms with Crippen LogP contribution in [-0.2, 0) is 9.59 Å². The van der Waals surface area contributed by atoms with Gasteiger partial charge in [0, 0.05) is 5.69 Å². The zero-order chi connectivity index (χ0) is 15.9. The van der Waals surface area contributed by atoms with Crippen LogP contribution in [0.1, 0.15) is 27.7 Å². The number of nitrogens with one attached hydrogen (secondary N) is 1. The molecule has 4 nitrogen and oxygen atoms in total. The van der Waals surface area contributed by atoms with Crippen LogP contribution in [0.25, 0.3) is 0 Å². The molecule has 1 aliphatic rings. The van der Waals surface area contributed by atoms with Crippen LogP contribution < -0.4 is 10.2 Å². The van der Waals surface area contributed by atoms with Crippen LogP contribution in [0.4, 0.5) is 10.1 Å². The molecule has 0 bridgehead atoms. The van der Waals surface area contributed by atoms with E-state index >= 15 is 0 Å². The number of nitrogens with zero attached hydrogens (tertiary/aromatic N) is 1. The summed E-state index contributed by atoms with van der Waals surface area (Å²) in [5.74, 6) is -1.03. The van der Waals surface area contributed by atoms with Crippen LogP contribution in [0.3, 0.4) is 0 Å². The summed E-state index contributed by atoms with van der Waals surface area (Å²) in [5.41, 5.74) is -0.00222. The molecule has 1 saturated heterocycles. The lowest BCUT2D eigenvalue weighted by Crippen LogP contribution is -2.66. The van der Waals surface area contributed by atoms with Crippen molar-refractivity contribution in [1.29, 1.82) is 0 Å². The molecule has 6 heteroatoms. The fraction of sp³-hybridized carbons (Fsp3) is 0.467. The quantitative estimate of drug-likeness (QED) is 0.867. The molecule has 2 atom stereocenters. The number of hydrogen-bond donors (Lipinski definition) is 1. The smallest absolute Gasteiger partial charge is 0.250 e. The van der Waals surface area contributed by atoms with Crippen molar-refractivity contribution in [2.24, 2.45) is 5.41 Å². The Morgan fingerprint density at radius 1 is 1.29 bits per heavy atom. The second-order valence-electron chi connectivity index (χ2n) is 6.29. The number of hydrogen-bond acceptors (Lipinski definition) is 2. The lowest BCUT2D eigenvalue weighted by Gasteiger charge is -2.42. The lowest BCUT2D eigenvalue weighted by atomic mass is 9.84. The maximum Gasteiger partial charge on any atom is 0.250 e. The largest absolute Gasteiger partial charge is 0.342 e. The van der Waals surface area contributed by atoms with Crippen molar-refractivity contribution in [3.8, 4) is 0 Å². The average Bonchev–Trinajstić information content (AvgIpc) is 2.37. The topological polar surface area (TPSA) is 49.4 Å². The first kappa shape index (κ1) is 15.8. The second kappa shape index (κ2) is 5.30. The first-order valence-corrected chi connectivity index (χ1v) is 7.09. The number of halogens is 2. The molecule has 2 amide bonds. The molecule has 0 saturated carbocycles. The Morgan fingerprint density at radius 2 is 1.90 bits per heavy atom. The number of amides is 2. The van der Waals surface area contributed by atoms with Gasteiger partial charge in [0.25, 0.3) is 5.91 Å². The van der Waals surface area contributed by atoms with Crippen molar-refractivity contribution in [3.63, 3.8) is 0 Å². The highest BCUT2D eigenvalue weighted by molar-refractivity contribution is 6.31. The van der Waals surface area contributed by atoms with Crippen LogP contribution in [0.2, 0.25) is 5.02 Å². The first-order chi connectivity index (χ1) is 9.62. The van der Waals surface area contributed by atoms with Gasteiger partial charge in [-0.1, -0.05) is 32.4 Å². The van der Waals surface area contributed by atoms with Crippen molar-refractivity contribution < 1.29 is 14.0 Å². The van der Waals surface area contributed by atoms with Crippen molar-refractivity contribution in [2.75, 3.05) is 4.90 Å². The molecule has 0 aromatic heterocycles. The number of carbonyl (C=O) groups excluding carboxylic acids is 2. The van der Waals surface area contributed by atoms with Gasteiger partial charge in [0.15, 0.2) is 0 Å². The van der Waals surface area contributed by atoms with Gasteiger partial charge in [-0.25, -0.2) is 4.39 Å². The standard InChI is InChI=1S/C15H18ClFN2O2/c1-8-13(20)18-12(15(2,3)4)14(21)19(8)9-5-6-11(17)10(16)7-9/h5-8,12H,1-4H3,(H,18,20). The third-order valence-corrected chi connectivity index (χ3v) is 3.87. The van der Waals surface area contributed by atoms with Crippen LogP contribution in [-0.4, -0.2) is 23.9 Å². The Bertz CT molecular complexity index is 598. The number of rotatable bonds is 1. The SMILES string of the molecule is CC1C(=O)NC(C(C)(C)C)C(=O)N1c1ccc(F)c(Cl)c1. The van der Waals surface area contributed by atoms with E-state index in [1.54, 1.807) is 6.92 Å². The van der Waals surface area contributed by atoms with Gasteiger partial charge in [-0.3, -0.25) is 14.5 Å². The van der Waals surface area contributed by atoms with Gasteiger partial charge in [-0.15, -0.1) is 0 Å². The number of benzene rings is 1. The molecule has 21 heavy (non-hydrogen) atoms. The molecule has 1 fully saturated rings.